The quantitative estimate of drug-likeness (QED) is 0.652. The highest BCUT2D eigenvalue weighted by molar-refractivity contribution is 5.27. The molecule has 0 spiro atoms. The summed E-state index contributed by atoms with van der Waals surface area (Å²) in [5.74, 6) is 0.896. The van der Waals surface area contributed by atoms with Crippen molar-refractivity contribution in [2.24, 2.45) is 0 Å². The van der Waals surface area contributed by atoms with Crippen molar-refractivity contribution in [3.63, 3.8) is 0 Å². The Morgan fingerprint density at radius 1 is 1.17 bits per heavy atom. The first-order valence-corrected chi connectivity index (χ1v) is 6.32. The molecule has 1 atom stereocenters. The molecule has 0 bridgehead atoms. The fourth-order valence-corrected chi connectivity index (χ4v) is 1.60. The summed E-state index contributed by atoms with van der Waals surface area (Å²) in [4.78, 5) is 0. The Morgan fingerprint density at radius 2 is 1.89 bits per heavy atom. The molecule has 0 aliphatic rings. The number of benzene rings is 1. The van der Waals surface area contributed by atoms with Crippen LogP contribution < -0.4 is 15.4 Å². The van der Waals surface area contributed by atoms with E-state index in [-0.39, 0.29) is 0 Å². The second kappa shape index (κ2) is 8.91. The Balaban J connectivity index is 2.18. The highest BCUT2D eigenvalue weighted by Crippen LogP contribution is 2.10. The fraction of sp³-hybridized carbons (Fsp3) is 0.571. The predicted molar refractivity (Wildman–Crippen MR) is 74.0 cm³/mol. The molecule has 1 aromatic rings. The van der Waals surface area contributed by atoms with E-state index in [1.54, 1.807) is 14.2 Å². The molecular formula is C14H24N2O2. The van der Waals surface area contributed by atoms with Crippen LogP contribution in [0.3, 0.4) is 0 Å². The van der Waals surface area contributed by atoms with Gasteiger partial charge in [-0.05, 0) is 24.6 Å². The van der Waals surface area contributed by atoms with E-state index in [4.69, 9.17) is 9.47 Å². The van der Waals surface area contributed by atoms with Crippen molar-refractivity contribution in [2.45, 2.75) is 19.5 Å². The predicted octanol–water partition coefficient (Wildman–Crippen LogP) is 1.41. The van der Waals surface area contributed by atoms with Crippen LogP contribution in [-0.4, -0.2) is 40.0 Å². The first-order chi connectivity index (χ1) is 8.76. The molecule has 0 aliphatic carbocycles. The molecule has 0 saturated heterocycles. The zero-order valence-electron chi connectivity index (χ0n) is 11.5. The monoisotopic (exact) mass is 252 g/mol. The molecule has 0 amide bonds. The van der Waals surface area contributed by atoms with Crippen LogP contribution in [0.4, 0.5) is 0 Å². The SMILES string of the molecule is COCCNCC(C)NCc1ccc(OC)cc1. The average Bonchev–Trinajstić information content (AvgIpc) is 2.42. The van der Waals surface area contributed by atoms with E-state index in [0.717, 1.165) is 32.0 Å². The number of nitrogens with one attached hydrogen (secondary N) is 2. The molecular weight excluding hydrogens is 228 g/mol. The van der Waals surface area contributed by atoms with Gasteiger partial charge in [0.25, 0.3) is 0 Å². The van der Waals surface area contributed by atoms with Gasteiger partial charge in [-0.25, -0.2) is 0 Å². The van der Waals surface area contributed by atoms with Crippen LogP contribution in [-0.2, 0) is 11.3 Å². The van der Waals surface area contributed by atoms with Gasteiger partial charge in [0, 0.05) is 32.8 Å². The summed E-state index contributed by atoms with van der Waals surface area (Å²) >= 11 is 0. The Kier molecular flexibility index (Phi) is 7.41. The zero-order valence-corrected chi connectivity index (χ0v) is 11.5. The van der Waals surface area contributed by atoms with Gasteiger partial charge in [-0.3, -0.25) is 0 Å². The molecule has 2 N–H and O–H groups in total. The van der Waals surface area contributed by atoms with Crippen molar-refractivity contribution < 1.29 is 9.47 Å². The van der Waals surface area contributed by atoms with Crippen LogP contribution in [0.1, 0.15) is 12.5 Å². The van der Waals surface area contributed by atoms with E-state index in [9.17, 15) is 0 Å². The Bertz CT molecular complexity index is 314. The van der Waals surface area contributed by atoms with Gasteiger partial charge in [0.05, 0.1) is 13.7 Å². The molecule has 102 valence electrons. The summed E-state index contributed by atoms with van der Waals surface area (Å²) in [7, 11) is 3.40. The lowest BCUT2D eigenvalue weighted by atomic mass is 10.2. The molecule has 1 unspecified atom stereocenters. The third kappa shape index (κ3) is 6.00. The van der Waals surface area contributed by atoms with Crippen molar-refractivity contribution in [1.82, 2.24) is 10.6 Å². The summed E-state index contributed by atoms with van der Waals surface area (Å²) in [6, 6.07) is 8.56. The number of ether oxygens (including phenoxy) is 2. The van der Waals surface area contributed by atoms with E-state index >= 15 is 0 Å². The van der Waals surface area contributed by atoms with Gasteiger partial charge in [-0.1, -0.05) is 12.1 Å². The van der Waals surface area contributed by atoms with Gasteiger partial charge in [-0.15, -0.1) is 0 Å². The topological polar surface area (TPSA) is 42.5 Å². The van der Waals surface area contributed by atoms with Crippen molar-refractivity contribution >= 4 is 0 Å². The highest BCUT2D eigenvalue weighted by atomic mass is 16.5. The minimum Gasteiger partial charge on any atom is -0.497 e. The number of rotatable bonds is 9. The van der Waals surface area contributed by atoms with E-state index in [1.165, 1.54) is 5.56 Å². The van der Waals surface area contributed by atoms with E-state index in [1.807, 2.05) is 12.1 Å². The lowest BCUT2D eigenvalue weighted by Gasteiger charge is -2.14. The Labute approximate surface area is 110 Å². The van der Waals surface area contributed by atoms with Gasteiger partial charge >= 0.3 is 0 Å². The molecule has 0 aliphatic heterocycles. The maximum atomic E-state index is 5.13. The van der Waals surface area contributed by atoms with Crippen molar-refractivity contribution in [3.05, 3.63) is 29.8 Å². The molecule has 0 heterocycles. The maximum absolute atomic E-state index is 5.13. The molecule has 0 fully saturated rings. The smallest absolute Gasteiger partial charge is 0.118 e. The summed E-state index contributed by atoms with van der Waals surface area (Å²) in [6.07, 6.45) is 0. The normalized spacial score (nSPS) is 12.4. The summed E-state index contributed by atoms with van der Waals surface area (Å²) in [5.41, 5.74) is 1.26. The molecule has 0 aromatic heterocycles. The van der Waals surface area contributed by atoms with Crippen LogP contribution in [0.2, 0.25) is 0 Å². The highest BCUT2D eigenvalue weighted by Gasteiger charge is 2.01. The Morgan fingerprint density at radius 3 is 2.50 bits per heavy atom. The second-order valence-electron chi connectivity index (χ2n) is 4.33. The van der Waals surface area contributed by atoms with Crippen LogP contribution >= 0.6 is 0 Å². The zero-order chi connectivity index (χ0) is 13.2. The lowest BCUT2D eigenvalue weighted by molar-refractivity contribution is 0.198. The van der Waals surface area contributed by atoms with E-state index in [0.29, 0.717) is 6.04 Å². The summed E-state index contributed by atoms with van der Waals surface area (Å²) in [5, 5.41) is 6.80. The summed E-state index contributed by atoms with van der Waals surface area (Å²) in [6.45, 7) is 5.64. The largest absolute Gasteiger partial charge is 0.497 e. The molecule has 4 nitrogen and oxygen atoms in total. The van der Waals surface area contributed by atoms with Crippen molar-refractivity contribution in [3.8, 4) is 5.75 Å². The van der Waals surface area contributed by atoms with Gasteiger partial charge in [0.15, 0.2) is 0 Å². The number of hydrogen-bond acceptors (Lipinski definition) is 4. The van der Waals surface area contributed by atoms with Crippen LogP contribution in [0.25, 0.3) is 0 Å². The Hall–Kier alpha value is -1.10. The molecule has 0 saturated carbocycles. The van der Waals surface area contributed by atoms with Gasteiger partial charge in [0.1, 0.15) is 5.75 Å². The number of methoxy groups -OCH3 is 2. The standard InChI is InChI=1S/C14H24N2O2/c1-12(10-15-8-9-17-2)16-11-13-4-6-14(18-3)7-5-13/h4-7,12,15-16H,8-11H2,1-3H3. The van der Waals surface area contributed by atoms with Gasteiger partial charge in [0.2, 0.25) is 0 Å². The second-order valence-corrected chi connectivity index (χ2v) is 4.33. The number of hydrogen-bond donors (Lipinski definition) is 2. The lowest BCUT2D eigenvalue weighted by Crippen LogP contribution is -2.37. The van der Waals surface area contributed by atoms with E-state index in [2.05, 4.69) is 29.7 Å². The maximum Gasteiger partial charge on any atom is 0.118 e. The molecule has 1 rings (SSSR count). The van der Waals surface area contributed by atoms with Gasteiger partial charge < -0.3 is 20.1 Å². The molecule has 0 radical (unpaired) electrons. The third-order valence-corrected chi connectivity index (χ3v) is 2.75. The molecule has 18 heavy (non-hydrogen) atoms. The molecule has 1 aromatic carbocycles. The van der Waals surface area contributed by atoms with Crippen LogP contribution in [0.5, 0.6) is 5.75 Å². The minimum absolute atomic E-state index is 0.434. The first-order valence-electron chi connectivity index (χ1n) is 6.32. The van der Waals surface area contributed by atoms with Crippen molar-refractivity contribution in [1.29, 1.82) is 0 Å². The molecule has 4 heteroatoms. The van der Waals surface area contributed by atoms with Crippen molar-refractivity contribution in [2.75, 3.05) is 33.9 Å². The van der Waals surface area contributed by atoms with Crippen LogP contribution in [0.15, 0.2) is 24.3 Å². The first kappa shape index (κ1) is 15.0. The fourth-order valence-electron chi connectivity index (χ4n) is 1.60. The third-order valence-electron chi connectivity index (χ3n) is 2.75. The van der Waals surface area contributed by atoms with Crippen LogP contribution in [0, 0.1) is 0 Å². The van der Waals surface area contributed by atoms with Gasteiger partial charge in [-0.2, -0.15) is 0 Å². The van der Waals surface area contributed by atoms with E-state index < -0.39 is 0 Å². The minimum atomic E-state index is 0.434. The average molecular weight is 252 g/mol. The summed E-state index contributed by atoms with van der Waals surface area (Å²) < 4.78 is 10.1.